The lowest BCUT2D eigenvalue weighted by Gasteiger charge is -2.31. The van der Waals surface area contributed by atoms with E-state index < -0.39 is 0 Å². The number of nitrogens with one attached hydrogen (secondary N) is 1. The Morgan fingerprint density at radius 2 is 1.91 bits per heavy atom. The van der Waals surface area contributed by atoms with Crippen molar-refractivity contribution in [1.29, 1.82) is 0 Å². The topological polar surface area (TPSA) is 102 Å². The summed E-state index contributed by atoms with van der Waals surface area (Å²) < 4.78 is 1.75. The highest BCUT2D eigenvalue weighted by Crippen LogP contribution is 2.36. The molecular weight excluding hydrogens is 438 g/mol. The average molecular weight is 470 g/mol. The number of benzene rings is 2. The Kier molecular flexibility index (Phi) is 6.79. The molecule has 2 aromatic carbocycles. The zero-order chi connectivity index (χ0) is 24.2. The molecule has 5 rings (SSSR count). The van der Waals surface area contributed by atoms with Crippen LogP contribution in [0, 0.1) is 17.8 Å². The van der Waals surface area contributed by atoms with Gasteiger partial charge in [0.2, 0.25) is 17.4 Å². The summed E-state index contributed by atoms with van der Waals surface area (Å²) in [6.45, 7) is 5.10. The van der Waals surface area contributed by atoms with Crippen LogP contribution in [0.25, 0.3) is 22.5 Å². The van der Waals surface area contributed by atoms with E-state index in [1.165, 1.54) is 12.8 Å². The minimum atomic E-state index is 0.0529. The van der Waals surface area contributed by atoms with E-state index in [1.54, 1.807) is 11.0 Å². The third kappa shape index (κ3) is 5.06. The summed E-state index contributed by atoms with van der Waals surface area (Å²) in [4.78, 5) is 17.5. The van der Waals surface area contributed by atoms with Crippen LogP contribution in [0.2, 0.25) is 0 Å². The van der Waals surface area contributed by atoms with E-state index in [9.17, 15) is 4.79 Å². The highest BCUT2D eigenvalue weighted by Gasteiger charge is 2.31. The minimum Gasteiger partial charge on any atom is -0.290 e. The van der Waals surface area contributed by atoms with Gasteiger partial charge in [-0.1, -0.05) is 81.6 Å². The van der Waals surface area contributed by atoms with E-state index in [-0.39, 0.29) is 11.7 Å². The second-order valence-electron chi connectivity index (χ2n) is 9.62. The number of hydrogen-bond donors (Lipinski definition) is 1. The molecule has 0 radical (unpaired) electrons. The third-order valence-corrected chi connectivity index (χ3v) is 7.41. The van der Waals surface area contributed by atoms with Gasteiger partial charge in [0.15, 0.2) is 0 Å². The van der Waals surface area contributed by atoms with Crippen molar-refractivity contribution in [3.63, 3.8) is 0 Å². The van der Waals surface area contributed by atoms with Crippen molar-refractivity contribution in [3.05, 3.63) is 66.2 Å². The molecule has 3 unspecified atom stereocenters. The summed E-state index contributed by atoms with van der Waals surface area (Å²) >= 11 is 0. The number of aromatic amines is 1. The number of carbonyl (C=O) groups is 1. The standard InChI is InChI=1S/C27H31N7O/c1-3-18(2)21-7-6-8-22(15-21)25(35)27-28-17-34(31-27)16-19-11-13-20(14-12-19)23-9-4-5-10-24(23)26-29-32-33-30-26/h4-5,9-14,17-18,21-22H,3,6-8,15-16H2,1-2H3,(H,29,30,32,33). The van der Waals surface area contributed by atoms with Gasteiger partial charge in [-0.15, -0.1) is 15.3 Å². The van der Waals surface area contributed by atoms with Gasteiger partial charge in [0, 0.05) is 11.5 Å². The summed E-state index contributed by atoms with van der Waals surface area (Å²) in [7, 11) is 0. The summed E-state index contributed by atoms with van der Waals surface area (Å²) in [5.41, 5.74) is 4.12. The lowest BCUT2D eigenvalue weighted by atomic mass is 9.73. The summed E-state index contributed by atoms with van der Waals surface area (Å²) in [6.07, 6.45) is 7.11. The fourth-order valence-corrected chi connectivity index (χ4v) is 5.16. The van der Waals surface area contributed by atoms with Gasteiger partial charge in [0.1, 0.15) is 6.33 Å². The monoisotopic (exact) mass is 469 g/mol. The molecule has 0 spiro atoms. The summed E-state index contributed by atoms with van der Waals surface area (Å²) in [6, 6.07) is 16.3. The van der Waals surface area contributed by atoms with Crippen LogP contribution in [0.15, 0.2) is 54.9 Å². The highest BCUT2D eigenvalue weighted by atomic mass is 16.1. The molecule has 4 aromatic rings. The number of Topliss-reactive ketones (excluding diaryl/α,β-unsaturated/α-hetero) is 1. The van der Waals surface area contributed by atoms with Crippen molar-refractivity contribution in [2.75, 3.05) is 0 Å². The van der Waals surface area contributed by atoms with Crippen molar-refractivity contribution >= 4 is 5.78 Å². The lowest BCUT2D eigenvalue weighted by molar-refractivity contribution is 0.0828. The first-order valence-electron chi connectivity index (χ1n) is 12.5. The number of hydrogen-bond acceptors (Lipinski definition) is 6. The van der Waals surface area contributed by atoms with Gasteiger partial charge in [-0.3, -0.25) is 4.79 Å². The third-order valence-electron chi connectivity index (χ3n) is 7.41. The molecule has 1 aliphatic carbocycles. The fourth-order valence-electron chi connectivity index (χ4n) is 5.16. The molecule has 1 N–H and O–H groups in total. The second-order valence-corrected chi connectivity index (χ2v) is 9.62. The maximum atomic E-state index is 13.1. The second kappa shape index (κ2) is 10.3. The maximum Gasteiger partial charge on any atom is 0.217 e. The Morgan fingerprint density at radius 1 is 1.11 bits per heavy atom. The molecule has 1 fully saturated rings. The first-order chi connectivity index (χ1) is 17.1. The number of rotatable bonds is 8. The predicted molar refractivity (Wildman–Crippen MR) is 133 cm³/mol. The van der Waals surface area contributed by atoms with Crippen LogP contribution in [-0.2, 0) is 6.54 Å². The number of nitrogens with zero attached hydrogens (tertiary/aromatic N) is 6. The van der Waals surface area contributed by atoms with E-state index in [1.807, 2.05) is 24.3 Å². The van der Waals surface area contributed by atoms with Crippen LogP contribution in [0.3, 0.4) is 0 Å². The molecule has 1 saturated carbocycles. The van der Waals surface area contributed by atoms with Crippen molar-refractivity contribution in [3.8, 4) is 22.5 Å². The van der Waals surface area contributed by atoms with Gasteiger partial charge in [-0.05, 0) is 46.6 Å². The molecule has 0 bridgehead atoms. The molecular formula is C27H31N7O. The largest absolute Gasteiger partial charge is 0.290 e. The molecule has 2 aromatic heterocycles. The van der Waals surface area contributed by atoms with Gasteiger partial charge >= 0.3 is 0 Å². The number of H-pyrrole nitrogens is 1. The molecule has 0 saturated heterocycles. The smallest absolute Gasteiger partial charge is 0.217 e. The van der Waals surface area contributed by atoms with Gasteiger partial charge in [-0.25, -0.2) is 9.67 Å². The van der Waals surface area contributed by atoms with Crippen LogP contribution >= 0.6 is 0 Å². The Morgan fingerprint density at radius 3 is 2.66 bits per heavy atom. The molecule has 8 heteroatoms. The summed E-state index contributed by atoms with van der Waals surface area (Å²) in [5.74, 6) is 2.37. The molecule has 0 aliphatic heterocycles. The van der Waals surface area contributed by atoms with Crippen LogP contribution in [0.1, 0.15) is 62.1 Å². The predicted octanol–water partition coefficient (Wildman–Crippen LogP) is 5.21. The van der Waals surface area contributed by atoms with Crippen LogP contribution in [-0.4, -0.2) is 41.2 Å². The molecule has 180 valence electrons. The number of tetrazole rings is 1. The first-order valence-corrected chi connectivity index (χ1v) is 12.5. The fraction of sp³-hybridized carbons (Fsp3) is 0.407. The van der Waals surface area contributed by atoms with E-state index in [4.69, 9.17) is 0 Å². The summed E-state index contributed by atoms with van der Waals surface area (Å²) in [5, 5.41) is 19.0. The van der Waals surface area contributed by atoms with Crippen molar-refractivity contribution < 1.29 is 4.79 Å². The van der Waals surface area contributed by atoms with Crippen LogP contribution in [0.4, 0.5) is 0 Å². The lowest BCUT2D eigenvalue weighted by Crippen LogP contribution is -2.27. The normalized spacial score (nSPS) is 18.9. The van der Waals surface area contributed by atoms with Gasteiger partial charge in [-0.2, -0.15) is 5.21 Å². The quantitative estimate of drug-likeness (QED) is 0.356. The average Bonchev–Trinajstić information content (AvgIpc) is 3.61. The van der Waals surface area contributed by atoms with E-state index in [2.05, 4.69) is 68.8 Å². The SMILES string of the molecule is CCC(C)C1CCCC(C(=O)c2ncn(Cc3ccc(-c4ccccc4-c4nn[nH]n4)cc3)n2)C1. The molecule has 3 atom stereocenters. The van der Waals surface area contributed by atoms with Gasteiger partial charge in [0.25, 0.3) is 0 Å². The molecule has 2 heterocycles. The van der Waals surface area contributed by atoms with Crippen molar-refractivity contribution in [1.82, 2.24) is 35.4 Å². The number of carbonyl (C=O) groups excluding carboxylic acids is 1. The van der Waals surface area contributed by atoms with Gasteiger partial charge in [0.05, 0.1) is 6.54 Å². The Balaban J connectivity index is 1.26. The molecule has 35 heavy (non-hydrogen) atoms. The molecule has 1 aliphatic rings. The maximum absolute atomic E-state index is 13.1. The Labute approximate surface area is 205 Å². The highest BCUT2D eigenvalue weighted by molar-refractivity contribution is 5.94. The van der Waals surface area contributed by atoms with E-state index in [0.29, 0.717) is 30.0 Å². The van der Waals surface area contributed by atoms with Crippen molar-refractivity contribution in [2.24, 2.45) is 17.8 Å². The van der Waals surface area contributed by atoms with Gasteiger partial charge < -0.3 is 0 Å². The molecule has 0 amide bonds. The number of aromatic nitrogens is 7. The van der Waals surface area contributed by atoms with Crippen molar-refractivity contribution in [2.45, 2.75) is 52.5 Å². The molecule has 8 nitrogen and oxygen atoms in total. The van der Waals surface area contributed by atoms with Crippen LogP contribution < -0.4 is 0 Å². The minimum absolute atomic E-state index is 0.0529. The Bertz CT molecular complexity index is 1260. The van der Waals surface area contributed by atoms with Crippen LogP contribution in [0.5, 0.6) is 0 Å². The van der Waals surface area contributed by atoms with E-state index in [0.717, 1.165) is 41.5 Å². The van der Waals surface area contributed by atoms with E-state index >= 15 is 0 Å². The Hall–Kier alpha value is -3.68. The zero-order valence-corrected chi connectivity index (χ0v) is 20.3. The first kappa shape index (κ1) is 23.1. The zero-order valence-electron chi connectivity index (χ0n) is 20.3. The number of ketones is 1.